The Morgan fingerprint density at radius 3 is 2.30 bits per heavy atom. The SMILES string of the molecule is CCCCCCCCCCCOC(=O)OC1CCCN1. The summed E-state index contributed by atoms with van der Waals surface area (Å²) < 4.78 is 10.2. The van der Waals surface area contributed by atoms with Crippen LogP contribution < -0.4 is 5.32 Å². The van der Waals surface area contributed by atoms with Crippen LogP contribution in [0.5, 0.6) is 0 Å². The van der Waals surface area contributed by atoms with Crippen molar-refractivity contribution in [3.8, 4) is 0 Å². The highest BCUT2D eigenvalue weighted by molar-refractivity contribution is 5.60. The lowest BCUT2D eigenvalue weighted by atomic mass is 10.1. The van der Waals surface area contributed by atoms with Crippen molar-refractivity contribution in [3.05, 3.63) is 0 Å². The first-order chi connectivity index (χ1) is 9.83. The first kappa shape index (κ1) is 17.3. The number of rotatable bonds is 11. The second-order valence-corrected chi connectivity index (χ2v) is 5.63. The Bertz CT molecular complexity index is 240. The van der Waals surface area contributed by atoms with Gasteiger partial charge in [-0.25, -0.2) is 4.79 Å². The van der Waals surface area contributed by atoms with Crippen LogP contribution >= 0.6 is 0 Å². The van der Waals surface area contributed by atoms with Crippen LogP contribution in [0.25, 0.3) is 0 Å². The van der Waals surface area contributed by atoms with E-state index in [0.717, 1.165) is 32.2 Å². The molecule has 1 heterocycles. The third-order valence-electron chi connectivity index (χ3n) is 3.72. The van der Waals surface area contributed by atoms with Gasteiger partial charge in [0.2, 0.25) is 0 Å². The molecule has 0 aromatic carbocycles. The molecule has 4 heteroatoms. The summed E-state index contributed by atoms with van der Waals surface area (Å²) in [6.07, 6.45) is 12.7. The molecule has 0 aliphatic carbocycles. The Kier molecular flexibility index (Phi) is 10.4. The van der Waals surface area contributed by atoms with Gasteiger partial charge in [-0.1, -0.05) is 58.3 Å². The van der Waals surface area contributed by atoms with Crippen molar-refractivity contribution >= 4 is 6.16 Å². The largest absolute Gasteiger partial charge is 0.509 e. The van der Waals surface area contributed by atoms with Gasteiger partial charge in [0.25, 0.3) is 0 Å². The number of hydrogen-bond acceptors (Lipinski definition) is 4. The number of ether oxygens (including phenoxy) is 2. The van der Waals surface area contributed by atoms with E-state index in [2.05, 4.69) is 12.2 Å². The van der Waals surface area contributed by atoms with E-state index in [1.54, 1.807) is 0 Å². The van der Waals surface area contributed by atoms with Gasteiger partial charge in [-0.15, -0.1) is 0 Å². The van der Waals surface area contributed by atoms with E-state index in [1.807, 2.05) is 0 Å². The van der Waals surface area contributed by atoms with Crippen LogP contribution in [0.15, 0.2) is 0 Å². The zero-order valence-corrected chi connectivity index (χ0v) is 13.0. The van der Waals surface area contributed by atoms with Crippen molar-refractivity contribution in [2.24, 2.45) is 0 Å². The van der Waals surface area contributed by atoms with Crippen molar-refractivity contribution in [2.75, 3.05) is 13.2 Å². The van der Waals surface area contributed by atoms with Gasteiger partial charge in [-0.2, -0.15) is 0 Å². The standard InChI is InChI=1S/C16H31NO3/c1-2-3-4-5-6-7-8-9-10-14-19-16(18)20-15-12-11-13-17-15/h15,17H,2-14H2,1H3. The minimum Gasteiger partial charge on any atom is -0.434 e. The fraction of sp³-hybridized carbons (Fsp3) is 0.938. The number of unbranched alkanes of at least 4 members (excludes halogenated alkanes) is 8. The van der Waals surface area contributed by atoms with Gasteiger partial charge in [0, 0.05) is 0 Å². The molecule has 118 valence electrons. The maximum absolute atomic E-state index is 11.4. The first-order valence-corrected chi connectivity index (χ1v) is 8.39. The van der Waals surface area contributed by atoms with Crippen molar-refractivity contribution in [2.45, 2.75) is 83.8 Å². The van der Waals surface area contributed by atoms with Crippen LogP contribution in [-0.2, 0) is 9.47 Å². The van der Waals surface area contributed by atoms with Crippen LogP contribution in [0.3, 0.4) is 0 Å². The van der Waals surface area contributed by atoms with Gasteiger partial charge >= 0.3 is 6.16 Å². The quantitative estimate of drug-likeness (QED) is 0.452. The molecule has 0 aromatic heterocycles. The lowest BCUT2D eigenvalue weighted by molar-refractivity contribution is 0.0179. The summed E-state index contributed by atoms with van der Waals surface area (Å²) in [5.41, 5.74) is 0. The number of hydrogen-bond donors (Lipinski definition) is 1. The highest BCUT2D eigenvalue weighted by Gasteiger charge is 2.18. The fourth-order valence-electron chi connectivity index (χ4n) is 2.47. The van der Waals surface area contributed by atoms with Gasteiger partial charge in [0.05, 0.1) is 6.61 Å². The molecular formula is C16H31NO3. The Morgan fingerprint density at radius 1 is 1.05 bits per heavy atom. The van der Waals surface area contributed by atoms with E-state index < -0.39 is 6.16 Å². The predicted octanol–water partition coefficient (Wildman–Crippen LogP) is 4.38. The number of carbonyl (C=O) groups excluding carboxylic acids is 1. The average molecular weight is 285 g/mol. The van der Waals surface area contributed by atoms with Crippen molar-refractivity contribution in [1.82, 2.24) is 5.32 Å². The molecular weight excluding hydrogens is 254 g/mol. The Balaban J connectivity index is 1.78. The Hall–Kier alpha value is -0.770. The average Bonchev–Trinajstić information content (AvgIpc) is 2.93. The fourth-order valence-corrected chi connectivity index (χ4v) is 2.47. The summed E-state index contributed by atoms with van der Waals surface area (Å²) in [5, 5.41) is 3.10. The molecule has 0 bridgehead atoms. The molecule has 0 radical (unpaired) electrons. The minimum atomic E-state index is -0.524. The molecule has 4 nitrogen and oxygen atoms in total. The summed E-state index contributed by atoms with van der Waals surface area (Å²) in [6, 6.07) is 0. The molecule has 0 amide bonds. The third-order valence-corrected chi connectivity index (χ3v) is 3.72. The second-order valence-electron chi connectivity index (χ2n) is 5.63. The summed E-state index contributed by atoms with van der Waals surface area (Å²) in [6.45, 7) is 3.66. The van der Waals surface area contributed by atoms with Crippen molar-refractivity contribution < 1.29 is 14.3 Å². The van der Waals surface area contributed by atoms with E-state index in [1.165, 1.54) is 44.9 Å². The molecule has 20 heavy (non-hydrogen) atoms. The molecule has 1 unspecified atom stereocenters. The number of nitrogens with one attached hydrogen (secondary N) is 1. The third kappa shape index (κ3) is 9.18. The zero-order chi connectivity index (χ0) is 14.5. The van der Waals surface area contributed by atoms with Crippen LogP contribution in [-0.4, -0.2) is 25.5 Å². The van der Waals surface area contributed by atoms with E-state index in [-0.39, 0.29) is 6.23 Å². The lowest BCUT2D eigenvalue weighted by Gasteiger charge is -2.11. The van der Waals surface area contributed by atoms with Gasteiger partial charge in [0.1, 0.15) is 0 Å². The van der Waals surface area contributed by atoms with E-state index >= 15 is 0 Å². The van der Waals surface area contributed by atoms with Gasteiger partial charge in [0.15, 0.2) is 6.23 Å². The topological polar surface area (TPSA) is 47.6 Å². The van der Waals surface area contributed by atoms with Crippen molar-refractivity contribution in [3.63, 3.8) is 0 Å². The van der Waals surface area contributed by atoms with Crippen LogP contribution in [0, 0.1) is 0 Å². The molecule has 0 saturated carbocycles. The minimum absolute atomic E-state index is 0.134. The molecule has 1 fully saturated rings. The molecule has 1 N–H and O–H groups in total. The van der Waals surface area contributed by atoms with Crippen LogP contribution in [0.4, 0.5) is 4.79 Å². The monoisotopic (exact) mass is 285 g/mol. The zero-order valence-electron chi connectivity index (χ0n) is 13.0. The molecule has 1 atom stereocenters. The number of carbonyl (C=O) groups is 1. The molecule has 1 rings (SSSR count). The lowest BCUT2D eigenvalue weighted by Crippen LogP contribution is -2.28. The van der Waals surface area contributed by atoms with Crippen LogP contribution in [0.2, 0.25) is 0 Å². The molecule has 0 spiro atoms. The highest BCUT2D eigenvalue weighted by atomic mass is 16.7. The van der Waals surface area contributed by atoms with Gasteiger partial charge in [-0.3, -0.25) is 5.32 Å². The summed E-state index contributed by atoms with van der Waals surface area (Å²) >= 11 is 0. The van der Waals surface area contributed by atoms with E-state index in [0.29, 0.717) is 6.61 Å². The summed E-state index contributed by atoms with van der Waals surface area (Å²) in [7, 11) is 0. The Morgan fingerprint density at radius 2 is 1.70 bits per heavy atom. The molecule has 1 saturated heterocycles. The second kappa shape index (κ2) is 12.0. The van der Waals surface area contributed by atoms with E-state index in [9.17, 15) is 4.79 Å². The highest BCUT2D eigenvalue weighted by Crippen LogP contribution is 2.10. The maximum atomic E-state index is 11.4. The molecule has 1 aliphatic rings. The van der Waals surface area contributed by atoms with Gasteiger partial charge in [-0.05, 0) is 25.8 Å². The van der Waals surface area contributed by atoms with Crippen LogP contribution in [0.1, 0.15) is 77.6 Å². The smallest absolute Gasteiger partial charge is 0.434 e. The molecule has 0 aromatic rings. The maximum Gasteiger partial charge on any atom is 0.509 e. The van der Waals surface area contributed by atoms with Crippen molar-refractivity contribution in [1.29, 1.82) is 0 Å². The first-order valence-electron chi connectivity index (χ1n) is 8.39. The Labute approximate surface area is 123 Å². The summed E-state index contributed by atoms with van der Waals surface area (Å²) in [5.74, 6) is 0. The van der Waals surface area contributed by atoms with Gasteiger partial charge < -0.3 is 9.47 Å². The predicted molar refractivity (Wildman–Crippen MR) is 80.7 cm³/mol. The van der Waals surface area contributed by atoms with E-state index in [4.69, 9.17) is 9.47 Å². The molecule has 1 aliphatic heterocycles. The normalized spacial score (nSPS) is 18.1. The summed E-state index contributed by atoms with van der Waals surface area (Å²) in [4.78, 5) is 11.4.